The number of carbonyl (C=O) groups is 4. The lowest BCUT2D eigenvalue weighted by Crippen LogP contribution is -2.80. The Labute approximate surface area is 152 Å². The van der Waals surface area contributed by atoms with Crippen molar-refractivity contribution in [1.29, 1.82) is 0 Å². The predicted molar refractivity (Wildman–Crippen MR) is 90.6 cm³/mol. The molecule has 0 spiro atoms. The standard InChI is InChI=1S/C16H28N4O6/c1-13(2,3)11(23)19-7-16(26,10(18)22)20(12(24)14(4,5)6)8-15(19,25)9(17)21/h25-26H,7-8H2,1-6H3,(H2,17,21)(H2,18,22)/t15-,16+. The molecule has 0 unspecified atom stereocenters. The molecule has 0 aromatic carbocycles. The van der Waals surface area contributed by atoms with Crippen molar-refractivity contribution >= 4 is 23.6 Å². The van der Waals surface area contributed by atoms with Crippen LogP contribution in [0, 0.1) is 10.8 Å². The van der Waals surface area contributed by atoms with E-state index < -0.39 is 59.0 Å². The minimum Gasteiger partial charge on any atom is -0.365 e. The number of rotatable bonds is 2. The van der Waals surface area contributed by atoms with Gasteiger partial charge in [0.1, 0.15) is 0 Å². The first-order valence-electron chi connectivity index (χ1n) is 8.08. The van der Waals surface area contributed by atoms with E-state index in [1.54, 1.807) is 0 Å². The molecule has 148 valence electrons. The third kappa shape index (κ3) is 3.51. The van der Waals surface area contributed by atoms with Crippen molar-refractivity contribution < 1.29 is 29.4 Å². The second-order valence-electron chi connectivity index (χ2n) is 8.64. The third-order valence-corrected chi connectivity index (χ3v) is 4.21. The zero-order valence-corrected chi connectivity index (χ0v) is 16.0. The number of hydrogen-bond acceptors (Lipinski definition) is 6. The van der Waals surface area contributed by atoms with Crippen LogP contribution in [0.5, 0.6) is 0 Å². The van der Waals surface area contributed by atoms with Crippen LogP contribution in [0.2, 0.25) is 0 Å². The van der Waals surface area contributed by atoms with Gasteiger partial charge >= 0.3 is 0 Å². The number of amides is 4. The molecule has 10 heteroatoms. The van der Waals surface area contributed by atoms with E-state index in [2.05, 4.69) is 0 Å². The quantitative estimate of drug-likeness (QED) is 0.441. The van der Waals surface area contributed by atoms with Crippen molar-refractivity contribution in [3.05, 3.63) is 0 Å². The number of carbonyl (C=O) groups excluding carboxylic acids is 4. The Kier molecular flexibility index (Phi) is 5.21. The van der Waals surface area contributed by atoms with E-state index in [9.17, 15) is 29.4 Å². The minimum atomic E-state index is -2.60. The number of β-amino-alcohol motifs (C(OH)–C–C–N with tert-alkyl or cyclic N) is 2. The summed E-state index contributed by atoms with van der Waals surface area (Å²) < 4.78 is 0. The first kappa shape index (κ1) is 21.8. The van der Waals surface area contributed by atoms with Gasteiger partial charge in [0.15, 0.2) is 0 Å². The van der Waals surface area contributed by atoms with Gasteiger partial charge in [-0.2, -0.15) is 0 Å². The van der Waals surface area contributed by atoms with Gasteiger partial charge in [-0.3, -0.25) is 29.0 Å². The Morgan fingerprint density at radius 2 is 0.962 bits per heavy atom. The Balaban J connectivity index is 3.59. The second kappa shape index (κ2) is 6.20. The summed E-state index contributed by atoms with van der Waals surface area (Å²) >= 11 is 0. The van der Waals surface area contributed by atoms with Gasteiger partial charge in [0.05, 0.1) is 13.1 Å². The molecule has 0 aromatic heterocycles. The molecule has 0 saturated carbocycles. The molecule has 1 heterocycles. The van der Waals surface area contributed by atoms with Crippen molar-refractivity contribution in [2.45, 2.75) is 53.0 Å². The van der Waals surface area contributed by atoms with Crippen molar-refractivity contribution in [2.75, 3.05) is 13.1 Å². The van der Waals surface area contributed by atoms with E-state index >= 15 is 0 Å². The number of nitrogens with two attached hydrogens (primary N) is 2. The summed E-state index contributed by atoms with van der Waals surface area (Å²) in [5.74, 6) is -4.09. The molecule has 1 rings (SSSR count). The lowest BCUT2D eigenvalue weighted by atomic mass is 9.87. The van der Waals surface area contributed by atoms with E-state index in [1.807, 2.05) is 0 Å². The van der Waals surface area contributed by atoms with Crippen LogP contribution in [0.3, 0.4) is 0 Å². The molecule has 0 aromatic rings. The molecule has 10 nitrogen and oxygen atoms in total. The van der Waals surface area contributed by atoms with E-state index in [-0.39, 0.29) is 0 Å². The van der Waals surface area contributed by atoms with E-state index in [0.717, 1.165) is 0 Å². The highest BCUT2D eigenvalue weighted by Gasteiger charge is 2.61. The van der Waals surface area contributed by atoms with Gasteiger partial charge < -0.3 is 21.7 Å². The number of hydrogen-bond donors (Lipinski definition) is 4. The van der Waals surface area contributed by atoms with Crippen molar-refractivity contribution in [2.24, 2.45) is 22.3 Å². The summed E-state index contributed by atoms with van der Waals surface area (Å²) in [6.45, 7) is 7.35. The fourth-order valence-corrected chi connectivity index (χ4v) is 2.58. The van der Waals surface area contributed by atoms with Gasteiger partial charge in [0.25, 0.3) is 11.8 Å². The monoisotopic (exact) mass is 372 g/mol. The zero-order chi connectivity index (χ0) is 20.9. The molecule has 2 atom stereocenters. The fourth-order valence-electron chi connectivity index (χ4n) is 2.58. The first-order chi connectivity index (χ1) is 11.4. The minimum absolute atomic E-state index is 0.604. The van der Waals surface area contributed by atoms with Gasteiger partial charge in [-0.1, -0.05) is 41.5 Å². The smallest absolute Gasteiger partial charge is 0.272 e. The Morgan fingerprint density at radius 3 is 1.12 bits per heavy atom. The summed E-state index contributed by atoms with van der Waals surface area (Å²) in [5.41, 5.74) is 3.23. The third-order valence-electron chi connectivity index (χ3n) is 4.21. The Bertz CT molecular complexity index is 594. The van der Waals surface area contributed by atoms with Gasteiger partial charge in [0, 0.05) is 10.8 Å². The summed E-state index contributed by atoms with van der Waals surface area (Å²) in [6, 6.07) is 0. The number of piperazine rings is 1. The van der Waals surface area contributed by atoms with Crippen LogP contribution in [0.1, 0.15) is 41.5 Å². The number of nitrogens with zero attached hydrogens (tertiary/aromatic N) is 2. The molecule has 0 aliphatic carbocycles. The van der Waals surface area contributed by atoms with E-state index in [1.165, 1.54) is 41.5 Å². The Morgan fingerprint density at radius 1 is 0.731 bits per heavy atom. The van der Waals surface area contributed by atoms with Gasteiger partial charge in [-0.25, -0.2) is 0 Å². The van der Waals surface area contributed by atoms with Crippen molar-refractivity contribution in [1.82, 2.24) is 9.80 Å². The highest BCUT2D eigenvalue weighted by Crippen LogP contribution is 2.34. The molecule has 1 fully saturated rings. The predicted octanol–water partition coefficient (Wildman–Crippen LogP) is -1.90. The van der Waals surface area contributed by atoms with Crippen LogP contribution in [0.15, 0.2) is 0 Å². The molecule has 0 radical (unpaired) electrons. The van der Waals surface area contributed by atoms with Crippen LogP contribution < -0.4 is 11.5 Å². The molecule has 6 N–H and O–H groups in total. The average molecular weight is 372 g/mol. The number of aliphatic hydroxyl groups is 2. The zero-order valence-electron chi connectivity index (χ0n) is 16.0. The second-order valence-corrected chi connectivity index (χ2v) is 8.64. The van der Waals surface area contributed by atoms with Crippen LogP contribution in [-0.2, 0) is 19.2 Å². The van der Waals surface area contributed by atoms with Gasteiger partial charge in [-0.05, 0) is 0 Å². The lowest BCUT2D eigenvalue weighted by molar-refractivity contribution is -0.237. The SMILES string of the molecule is CC(C)(C)C(=O)N1C[C@](O)(C(N)=O)N(C(=O)C(C)(C)C)C[C@@]1(O)C(N)=O. The molecule has 1 aliphatic rings. The Hall–Kier alpha value is -2.20. The molecule has 1 saturated heterocycles. The lowest BCUT2D eigenvalue weighted by Gasteiger charge is -2.53. The van der Waals surface area contributed by atoms with Crippen molar-refractivity contribution in [3.8, 4) is 0 Å². The van der Waals surface area contributed by atoms with Crippen LogP contribution in [0.25, 0.3) is 0 Å². The van der Waals surface area contributed by atoms with Crippen molar-refractivity contribution in [3.63, 3.8) is 0 Å². The van der Waals surface area contributed by atoms with Crippen LogP contribution >= 0.6 is 0 Å². The van der Waals surface area contributed by atoms with Crippen LogP contribution in [0.4, 0.5) is 0 Å². The number of primary amides is 2. The van der Waals surface area contributed by atoms with Gasteiger partial charge in [-0.15, -0.1) is 0 Å². The molecule has 0 bridgehead atoms. The summed E-state index contributed by atoms with van der Waals surface area (Å²) in [7, 11) is 0. The molecule has 1 aliphatic heterocycles. The summed E-state index contributed by atoms with van der Waals surface area (Å²) in [5, 5.41) is 21.6. The maximum absolute atomic E-state index is 12.7. The molecular weight excluding hydrogens is 344 g/mol. The summed E-state index contributed by atoms with van der Waals surface area (Å²) in [6.07, 6.45) is 0. The highest BCUT2D eigenvalue weighted by atomic mass is 16.4. The maximum Gasteiger partial charge on any atom is 0.272 e. The maximum atomic E-state index is 12.7. The topological polar surface area (TPSA) is 167 Å². The average Bonchev–Trinajstić information content (AvgIpc) is 2.45. The van der Waals surface area contributed by atoms with Gasteiger partial charge in [0.2, 0.25) is 23.3 Å². The highest BCUT2D eigenvalue weighted by molar-refractivity contribution is 5.96. The van der Waals surface area contributed by atoms with E-state index in [0.29, 0.717) is 9.80 Å². The van der Waals surface area contributed by atoms with E-state index in [4.69, 9.17) is 11.5 Å². The summed E-state index contributed by atoms with van der Waals surface area (Å²) in [4.78, 5) is 50.6. The fraction of sp³-hybridized carbons (Fsp3) is 0.750. The first-order valence-corrected chi connectivity index (χ1v) is 8.08. The largest absolute Gasteiger partial charge is 0.365 e. The molecule has 26 heavy (non-hydrogen) atoms. The normalized spacial score (nSPS) is 27.2. The molecular formula is C16H28N4O6. The molecule has 4 amide bonds. The van der Waals surface area contributed by atoms with Crippen LogP contribution in [-0.4, -0.2) is 68.2 Å².